The van der Waals surface area contributed by atoms with E-state index in [2.05, 4.69) is 59.3 Å². The fourth-order valence-electron chi connectivity index (χ4n) is 3.04. The summed E-state index contributed by atoms with van der Waals surface area (Å²) >= 11 is 0. The molecule has 20 heavy (non-hydrogen) atoms. The van der Waals surface area contributed by atoms with Crippen LogP contribution in [0.25, 0.3) is 16.9 Å². The maximum Gasteiger partial charge on any atom is 0.0775 e. The van der Waals surface area contributed by atoms with Gasteiger partial charge in [0.05, 0.1) is 17.1 Å². The summed E-state index contributed by atoms with van der Waals surface area (Å²) in [7, 11) is 0. The van der Waals surface area contributed by atoms with E-state index in [9.17, 15) is 0 Å². The van der Waals surface area contributed by atoms with Gasteiger partial charge in [-0.3, -0.25) is 0 Å². The Balaban J connectivity index is 1.97. The van der Waals surface area contributed by atoms with Crippen molar-refractivity contribution in [2.75, 3.05) is 0 Å². The Kier molecular flexibility index (Phi) is 2.66. The lowest BCUT2D eigenvalue weighted by atomic mass is 10.1. The van der Waals surface area contributed by atoms with Crippen LogP contribution in [0.2, 0.25) is 0 Å². The molecule has 2 nitrogen and oxygen atoms in total. The molecule has 3 aromatic rings. The van der Waals surface area contributed by atoms with E-state index in [1.165, 1.54) is 28.9 Å². The number of benzene rings is 2. The first kappa shape index (κ1) is 11.5. The van der Waals surface area contributed by atoms with Crippen molar-refractivity contribution in [2.24, 2.45) is 0 Å². The second-order valence-electron chi connectivity index (χ2n) is 5.24. The van der Waals surface area contributed by atoms with Gasteiger partial charge in [0.25, 0.3) is 0 Å². The Labute approximate surface area is 118 Å². The fraction of sp³-hybridized carbons (Fsp3) is 0.167. The SMILES string of the molecule is c1ccc(-c2c3c(nn2-c2ccccc2)CCC3)cc1. The van der Waals surface area contributed by atoms with Crippen molar-refractivity contribution in [2.45, 2.75) is 19.3 Å². The van der Waals surface area contributed by atoms with Gasteiger partial charge in [0.1, 0.15) is 0 Å². The van der Waals surface area contributed by atoms with Crippen LogP contribution in [0.4, 0.5) is 0 Å². The predicted molar refractivity (Wildman–Crippen MR) is 81.0 cm³/mol. The number of nitrogens with zero attached hydrogens (tertiary/aromatic N) is 2. The topological polar surface area (TPSA) is 17.8 Å². The molecule has 2 aromatic carbocycles. The maximum atomic E-state index is 4.85. The van der Waals surface area contributed by atoms with Crippen LogP contribution in [0.3, 0.4) is 0 Å². The summed E-state index contributed by atoms with van der Waals surface area (Å²) in [6, 6.07) is 21.0. The van der Waals surface area contributed by atoms with Gasteiger partial charge in [-0.2, -0.15) is 5.10 Å². The molecular formula is C18H16N2. The highest BCUT2D eigenvalue weighted by atomic mass is 15.3. The van der Waals surface area contributed by atoms with Crippen molar-refractivity contribution in [3.8, 4) is 16.9 Å². The molecule has 0 saturated carbocycles. The molecular weight excluding hydrogens is 244 g/mol. The molecule has 0 saturated heterocycles. The van der Waals surface area contributed by atoms with Crippen LogP contribution in [0.15, 0.2) is 60.7 Å². The third-order valence-electron chi connectivity index (χ3n) is 3.96. The largest absolute Gasteiger partial charge is 0.233 e. The molecule has 0 bridgehead atoms. The lowest BCUT2D eigenvalue weighted by molar-refractivity contribution is 0.806. The van der Waals surface area contributed by atoms with Crippen molar-refractivity contribution >= 4 is 0 Å². The van der Waals surface area contributed by atoms with E-state index in [4.69, 9.17) is 5.10 Å². The van der Waals surface area contributed by atoms with Crippen molar-refractivity contribution in [1.29, 1.82) is 0 Å². The molecule has 1 aromatic heterocycles. The van der Waals surface area contributed by atoms with Gasteiger partial charge < -0.3 is 0 Å². The first-order chi connectivity index (χ1) is 9.93. The molecule has 0 N–H and O–H groups in total. The third kappa shape index (κ3) is 1.76. The molecule has 0 amide bonds. The van der Waals surface area contributed by atoms with Gasteiger partial charge in [0.2, 0.25) is 0 Å². The van der Waals surface area contributed by atoms with Gasteiger partial charge in [-0.15, -0.1) is 0 Å². The van der Waals surface area contributed by atoms with Crippen LogP contribution >= 0.6 is 0 Å². The number of aromatic nitrogens is 2. The standard InChI is InChI=1S/C18H16N2/c1-3-8-14(9-4-1)18-16-12-7-13-17(16)19-20(18)15-10-5-2-6-11-15/h1-6,8-11H,7,12-13H2. The van der Waals surface area contributed by atoms with Crippen molar-refractivity contribution in [1.82, 2.24) is 9.78 Å². The summed E-state index contributed by atoms with van der Waals surface area (Å²) in [4.78, 5) is 0. The van der Waals surface area contributed by atoms with Crippen LogP contribution in [-0.4, -0.2) is 9.78 Å². The highest BCUT2D eigenvalue weighted by Gasteiger charge is 2.23. The summed E-state index contributed by atoms with van der Waals surface area (Å²) in [6.45, 7) is 0. The molecule has 0 fully saturated rings. The molecule has 4 rings (SSSR count). The Morgan fingerprint density at radius 2 is 1.50 bits per heavy atom. The summed E-state index contributed by atoms with van der Waals surface area (Å²) in [5, 5.41) is 4.85. The second-order valence-corrected chi connectivity index (χ2v) is 5.24. The van der Waals surface area contributed by atoms with Gasteiger partial charge >= 0.3 is 0 Å². The van der Waals surface area contributed by atoms with Crippen molar-refractivity contribution in [3.63, 3.8) is 0 Å². The number of hydrogen-bond acceptors (Lipinski definition) is 1. The number of hydrogen-bond donors (Lipinski definition) is 0. The molecule has 0 atom stereocenters. The first-order valence-corrected chi connectivity index (χ1v) is 7.15. The predicted octanol–water partition coefficient (Wildman–Crippen LogP) is 4.03. The summed E-state index contributed by atoms with van der Waals surface area (Å²) in [5.41, 5.74) is 6.37. The number of aryl methyl sites for hydroxylation is 1. The molecule has 1 aliphatic carbocycles. The van der Waals surface area contributed by atoms with Gasteiger partial charge in [-0.1, -0.05) is 48.5 Å². The molecule has 0 radical (unpaired) electrons. The zero-order chi connectivity index (χ0) is 13.4. The zero-order valence-electron chi connectivity index (χ0n) is 11.3. The molecule has 1 aliphatic rings. The van der Waals surface area contributed by atoms with Crippen molar-refractivity contribution in [3.05, 3.63) is 71.9 Å². The summed E-state index contributed by atoms with van der Waals surface area (Å²) in [6.07, 6.45) is 3.48. The van der Waals surface area contributed by atoms with E-state index in [0.717, 1.165) is 18.5 Å². The number of para-hydroxylation sites is 1. The highest BCUT2D eigenvalue weighted by Crippen LogP contribution is 2.34. The van der Waals surface area contributed by atoms with Gasteiger partial charge in [0, 0.05) is 11.1 Å². The second kappa shape index (κ2) is 4.64. The fourth-order valence-corrected chi connectivity index (χ4v) is 3.04. The van der Waals surface area contributed by atoms with Gasteiger partial charge in [-0.05, 0) is 31.4 Å². The lowest BCUT2D eigenvalue weighted by Gasteiger charge is -2.09. The quantitative estimate of drug-likeness (QED) is 0.680. The van der Waals surface area contributed by atoms with E-state index >= 15 is 0 Å². The smallest absolute Gasteiger partial charge is 0.0775 e. The number of rotatable bonds is 2. The van der Waals surface area contributed by atoms with Crippen LogP contribution in [0.1, 0.15) is 17.7 Å². The molecule has 1 heterocycles. The Morgan fingerprint density at radius 3 is 2.25 bits per heavy atom. The van der Waals surface area contributed by atoms with E-state index in [1.807, 2.05) is 6.07 Å². The Hall–Kier alpha value is -2.35. The minimum absolute atomic E-state index is 1.11. The van der Waals surface area contributed by atoms with Crippen molar-refractivity contribution < 1.29 is 0 Å². The van der Waals surface area contributed by atoms with Crippen LogP contribution in [-0.2, 0) is 12.8 Å². The number of fused-ring (bicyclic) bond motifs is 1. The minimum Gasteiger partial charge on any atom is -0.233 e. The lowest BCUT2D eigenvalue weighted by Crippen LogP contribution is -2.00. The molecule has 98 valence electrons. The van der Waals surface area contributed by atoms with E-state index in [-0.39, 0.29) is 0 Å². The molecule has 0 aliphatic heterocycles. The first-order valence-electron chi connectivity index (χ1n) is 7.15. The van der Waals surface area contributed by atoms with Crippen LogP contribution < -0.4 is 0 Å². The average Bonchev–Trinajstić information content (AvgIpc) is 3.09. The van der Waals surface area contributed by atoms with E-state index in [1.54, 1.807) is 0 Å². The van der Waals surface area contributed by atoms with E-state index in [0.29, 0.717) is 0 Å². The normalized spacial score (nSPS) is 13.4. The average molecular weight is 260 g/mol. The summed E-state index contributed by atoms with van der Waals surface area (Å²) in [5.74, 6) is 0. The highest BCUT2D eigenvalue weighted by molar-refractivity contribution is 5.67. The molecule has 2 heteroatoms. The zero-order valence-corrected chi connectivity index (χ0v) is 11.3. The summed E-state index contributed by atoms with van der Waals surface area (Å²) < 4.78 is 2.11. The molecule has 0 unspecified atom stereocenters. The van der Waals surface area contributed by atoms with Gasteiger partial charge in [0.15, 0.2) is 0 Å². The van der Waals surface area contributed by atoms with Crippen LogP contribution in [0.5, 0.6) is 0 Å². The minimum atomic E-state index is 1.11. The molecule has 0 spiro atoms. The van der Waals surface area contributed by atoms with Crippen LogP contribution in [0, 0.1) is 0 Å². The third-order valence-corrected chi connectivity index (χ3v) is 3.96. The maximum absolute atomic E-state index is 4.85. The van der Waals surface area contributed by atoms with Gasteiger partial charge in [-0.25, -0.2) is 4.68 Å². The Morgan fingerprint density at radius 1 is 0.800 bits per heavy atom. The Bertz CT molecular complexity index is 727. The van der Waals surface area contributed by atoms with E-state index < -0.39 is 0 Å². The monoisotopic (exact) mass is 260 g/mol.